The molecule has 2 aliphatic rings. The van der Waals surface area contributed by atoms with Crippen LogP contribution in [0.4, 0.5) is 0 Å². The third-order valence-corrected chi connectivity index (χ3v) is 7.05. The van der Waals surface area contributed by atoms with Gasteiger partial charge in [-0.1, -0.05) is 45.0 Å². The van der Waals surface area contributed by atoms with Crippen LogP contribution in [0, 0.1) is 5.92 Å². The number of amides is 1. The van der Waals surface area contributed by atoms with Gasteiger partial charge in [0.05, 0.1) is 23.5 Å². The first-order chi connectivity index (χ1) is 11.2. The lowest BCUT2D eigenvalue weighted by Gasteiger charge is -2.28. The van der Waals surface area contributed by atoms with E-state index < -0.39 is 9.84 Å². The fraction of sp³-hybridized carbons (Fsp3) is 0.632. The summed E-state index contributed by atoms with van der Waals surface area (Å²) in [5.74, 6) is -0.136. The second-order valence-electron chi connectivity index (χ2n) is 8.16. The summed E-state index contributed by atoms with van der Waals surface area (Å²) in [7, 11) is -3.02. The largest absolute Gasteiger partial charge is 0.335 e. The smallest absolute Gasteiger partial charge is 0.227 e. The van der Waals surface area contributed by atoms with Crippen molar-refractivity contribution in [3.8, 4) is 0 Å². The van der Waals surface area contributed by atoms with Crippen molar-refractivity contribution >= 4 is 15.7 Å². The Hall–Kier alpha value is -1.36. The van der Waals surface area contributed by atoms with E-state index in [1.54, 1.807) is 0 Å². The quantitative estimate of drug-likeness (QED) is 0.824. The van der Waals surface area contributed by atoms with Crippen molar-refractivity contribution in [3.05, 3.63) is 35.4 Å². The summed E-state index contributed by atoms with van der Waals surface area (Å²) in [4.78, 5) is 14.7. The van der Waals surface area contributed by atoms with Gasteiger partial charge in [0.25, 0.3) is 0 Å². The molecule has 3 rings (SSSR count). The van der Waals surface area contributed by atoms with Crippen LogP contribution >= 0.6 is 0 Å². The minimum Gasteiger partial charge on any atom is -0.335 e. The highest BCUT2D eigenvalue weighted by Crippen LogP contribution is 2.35. The van der Waals surface area contributed by atoms with Crippen LogP contribution < -0.4 is 0 Å². The SMILES string of the molecule is CC(C)(C)c1ccc(C2CCCN2C(=O)C2CCS(=O)(=O)C2)cc1. The fourth-order valence-electron chi connectivity index (χ4n) is 3.81. The van der Waals surface area contributed by atoms with Crippen LogP contribution in [0.3, 0.4) is 0 Å². The molecule has 132 valence electrons. The summed E-state index contributed by atoms with van der Waals surface area (Å²) in [6.07, 6.45) is 2.42. The summed E-state index contributed by atoms with van der Waals surface area (Å²) in [5.41, 5.74) is 2.56. The van der Waals surface area contributed by atoms with Gasteiger partial charge in [-0.05, 0) is 35.8 Å². The lowest BCUT2D eigenvalue weighted by molar-refractivity contribution is -0.135. The number of likely N-dealkylation sites (tertiary alicyclic amines) is 1. The molecule has 24 heavy (non-hydrogen) atoms. The Kier molecular flexibility index (Phi) is 4.49. The first-order valence-electron chi connectivity index (χ1n) is 8.79. The minimum atomic E-state index is -3.02. The van der Waals surface area contributed by atoms with Crippen molar-refractivity contribution in [2.45, 2.75) is 51.5 Å². The molecule has 0 N–H and O–H groups in total. The van der Waals surface area contributed by atoms with Gasteiger partial charge in [-0.2, -0.15) is 0 Å². The number of benzene rings is 1. The molecule has 1 aromatic carbocycles. The van der Waals surface area contributed by atoms with Gasteiger partial charge in [0.15, 0.2) is 9.84 Å². The molecule has 2 fully saturated rings. The van der Waals surface area contributed by atoms with E-state index in [9.17, 15) is 13.2 Å². The molecule has 0 radical (unpaired) electrons. The maximum Gasteiger partial charge on any atom is 0.227 e. The summed E-state index contributed by atoms with van der Waals surface area (Å²) in [6, 6.07) is 8.65. The summed E-state index contributed by atoms with van der Waals surface area (Å²) in [5, 5.41) is 0. The van der Waals surface area contributed by atoms with Gasteiger partial charge in [-0.15, -0.1) is 0 Å². The summed E-state index contributed by atoms with van der Waals surface area (Å²) < 4.78 is 23.3. The molecule has 2 saturated heterocycles. The minimum absolute atomic E-state index is 0.0258. The molecule has 5 heteroatoms. The van der Waals surface area contributed by atoms with E-state index in [2.05, 4.69) is 45.0 Å². The average molecular weight is 349 g/mol. The molecule has 2 aliphatic heterocycles. The summed E-state index contributed by atoms with van der Waals surface area (Å²) in [6.45, 7) is 7.30. The molecular formula is C19H27NO3S. The zero-order valence-electron chi connectivity index (χ0n) is 14.8. The highest BCUT2D eigenvalue weighted by atomic mass is 32.2. The third-order valence-electron chi connectivity index (χ3n) is 5.28. The van der Waals surface area contributed by atoms with Gasteiger partial charge < -0.3 is 4.90 Å². The molecule has 1 aromatic rings. The Morgan fingerprint density at radius 1 is 1.12 bits per heavy atom. The highest BCUT2D eigenvalue weighted by molar-refractivity contribution is 7.91. The molecule has 2 heterocycles. The van der Waals surface area contributed by atoms with Crippen LogP contribution in [0.5, 0.6) is 0 Å². The second kappa shape index (κ2) is 6.17. The van der Waals surface area contributed by atoms with E-state index in [-0.39, 0.29) is 34.8 Å². The lowest BCUT2D eigenvalue weighted by atomic mass is 9.86. The van der Waals surface area contributed by atoms with Crippen molar-refractivity contribution in [2.24, 2.45) is 5.92 Å². The zero-order chi connectivity index (χ0) is 17.5. The molecule has 1 amide bonds. The van der Waals surface area contributed by atoms with Crippen LogP contribution in [0.2, 0.25) is 0 Å². The van der Waals surface area contributed by atoms with Gasteiger partial charge in [-0.3, -0.25) is 4.79 Å². The summed E-state index contributed by atoms with van der Waals surface area (Å²) >= 11 is 0. The molecule has 2 unspecified atom stereocenters. The first kappa shape index (κ1) is 17.5. The highest BCUT2D eigenvalue weighted by Gasteiger charge is 2.39. The third kappa shape index (κ3) is 3.51. The van der Waals surface area contributed by atoms with Gasteiger partial charge in [0.2, 0.25) is 5.91 Å². The normalized spacial score (nSPS) is 26.7. The lowest BCUT2D eigenvalue weighted by Crippen LogP contribution is -2.36. The number of sulfone groups is 1. The first-order valence-corrected chi connectivity index (χ1v) is 10.6. The monoisotopic (exact) mass is 349 g/mol. The van der Waals surface area contributed by atoms with Crippen LogP contribution in [0.25, 0.3) is 0 Å². The number of hydrogen-bond acceptors (Lipinski definition) is 3. The van der Waals surface area contributed by atoms with E-state index in [4.69, 9.17) is 0 Å². The van der Waals surface area contributed by atoms with E-state index in [0.717, 1.165) is 24.9 Å². The van der Waals surface area contributed by atoms with Gasteiger partial charge in [0, 0.05) is 6.54 Å². The Morgan fingerprint density at radius 3 is 2.33 bits per heavy atom. The molecular weight excluding hydrogens is 322 g/mol. The number of rotatable bonds is 2. The molecule has 4 nitrogen and oxygen atoms in total. The fourth-order valence-corrected chi connectivity index (χ4v) is 5.54. The zero-order valence-corrected chi connectivity index (χ0v) is 15.6. The van der Waals surface area contributed by atoms with Gasteiger partial charge in [-0.25, -0.2) is 8.42 Å². The topological polar surface area (TPSA) is 54.5 Å². The Bertz CT molecular complexity index is 716. The molecule has 0 saturated carbocycles. The van der Waals surface area contributed by atoms with Crippen molar-refractivity contribution < 1.29 is 13.2 Å². The molecule has 0 bridgehead atoms. The van der Waals surface area contributed by atoms with Gasteiger partial charge in [0.1, 0.15) is 0 Å². The number of nitrogens with zero attached hydrogens (tertiary/aromatic N) is 1. The Balaban J connectivity index is 1.77. The second-order valence-corrected chi connectivity index (χ2v) is 10.4. The van der Waals surface area contributed by atoms with E-state index in [1.807, 2.05) is 4.90 Å². The van der Waals surface area contributed by atoms with Crippen molar-refractivity contribution in [1.29, 1.82) is 0 Å². The predicted octanol–water partition coefficient (Wildman–Crippen LogP) is 3.08. The van der Waals surface area contributed by atoms with Gasteiger partial charge >= 0.3 is 0 Å². The van der Waals surface area contributed by atoms with Crippen LogP contribution in [0.15, 0.2) is 24.3 Å². The molecule has 0 aliphatic carbocycles. The maximum atomic E-state index is 12.8. The van der Waals surface area contributed by atoms with E-state index >= 15 is 0 Å². The van der Waals surface area contributed by atoms with Crippen LogP contribution in [-0.4, -0.2) is 37.3 Å². The Labute approximate surface area is 145 Å². The maximum absolute atomic E-state index is 12.8. The van der Waals surface area contributed by atoms with Crippen molar-refractivity contribution in [3.63, 3.8) is 0 Å². The van der Waals surface area contributed by atoms with Crippen LogP contribution in [0.1, 0.15) is 57.2 Å². The molecule has 0 aromatic heterocycles. The number of carbonyl (C=O) groups excluding carboxylic acids is 1. The van der Waals surface area contributed by atoms with Crippen molar-refractivity contribution in [1.82, 2.24) is 4.90 Å². The predicted molar refractivity (Wildman–Crippen MR) is 95.6 cm³/mol. The average Bonchev–Trinajstić information content (AvgIpc) is 3.12. The van der Waals surface area contributed by atoms with E-state index in [1.165, 1.54) is 5.56 Å². The van der Waals surface area contributed by atoms with E-state index in [0.29, 0.717) is 6.42 Å². The molecule has 0 spiro atoms. The number of carbonyl (C=O) groups is 1. The number of hydrogen-bond donors (Lipinski definition) is 0. The molecule has 2 atom stereocenters. The standard InChI is InChI=1S/C19H27NO3S/c1-19(2,3)16-8-6-14(7-9-16)17-5-4-11-20(17)18(21)15-10-12-24(22,23)13-15/h6-9,15,17H,4-5,10-13H2,1-3H3. The Morgan fingerprint density at radius 2 is 1.79 bits per heavy atom. The van der Waals surface area contributed by atoms with Crippen LogP contribution in [-0.2, 0) is 20.0 Å². The van der Waals surface area contributed by atoms with Crippen molar-refractivity contribution in [2.75, 3.05) is 18.1 Å².